The maximum Gasteiger partial charge on any atom is 0.261 e. The molecule has 1 N–H and O–H groups in total. The molecule has 2 aromatic carbocycles. The molecule has 0 spiro atoms. The molecule has 0 saturated carbocycles. The van der Waals surface area contributed by atoms with E-state index < -0.39 is 6.10 Å². The molecule has 0 saturated heterocycles. The normalized spacial score (nSPS) is 12.1. The fourth-order valence-electron chi connectivity index (χ4n) is 2.31. The lowest BCUT2D eigenvalue weighted by Crippen LogP contribution is -2.35. The number of hydrogen-bond acceptors (Lipinski definition) is 3. The molecule has 5 heteroatoms. The quantitative estimate of drug-likeness (QED) is 0.731. The van der Waals surface area contributed by atoms with Crippen LogP contribution < -0.4 is 10.1 Å². The van der Waals surface area contributed by atoms with Crippen LogP contribution in [0.5, 0.6) is 5.75 Å². The Bertz CT molecular complexity index is 817. The molecule has 0 aliphatic carbocycles. The Morgan fingerprint density at radius 3 is 2.70 bits per heavy atom. The van der Waals surface area contributed by atoms with Crippen molar-refractivity contribution in [3.63, 3.8) is 0 Å². The van der Waals surface area contributed by atoms with Crippen molar-refractivity contribution in [2.75, 3.05) is 0 Å². The summed E-state index contributed by atoms with van der Waals surface area (Å²) >= 11 is 7.82. The van der Waals surface area contributed by atoms with Crippen LogP contribution in [-0.2, 0) is 11.3 Å². The van der Waals surface area contributed by atoms with Crippen LogP contribution in [0, 0.1) is 0 Å². The van der Waals surface area contributed by atoms with Gasteiger partial charge >= 0.3 is 0 Å². The lowest BCUT2D eigenvalue weighted by Gasteiger charge is -2.16. The van der Waals surface area contributed by atoms with E-state index >= 15 is 0 Å². The van der Waals surface area contributed by atoms with Crippen molar-refractivity contribution in [3.05, 3.63) is 63.8 Å². The van der Waals surface area contributed by atoms with Gasteiger partial charge in [-0.15, -0.1) is 11.3 Å². The average molecular weight is 346 g/mol. The minimum atomic E-state index is -0.584. The summed E-state index contributed by atoms with van der Waals surface area (Å²) in [5.41, 5.74) is 0. The fraction of sp³-hybridized carbons (Fsp3) is 0.167. The summed E-state index contributed by atoms with van der Waals surface area (Å²) < 4.78 is 5.85. The van der Waals surface area contributed by atoms with E-state index in [2.05, 4.69) is 5.32 Å². The SMILES string of the molecule is CC(Oc1ccc(Cl)c2ccccc12)C(=O)NCc1cccs1. The summed E-state index contributed by atoms with van der Waals surface area (Å²) in [6.45, 7) is 2.26. The first kappa shape index (κ1) is 15.8. The molecule has 1 atom stereocenters. The Hall–Kier alpha value is -2.04. The third-order valence-corrected chi connectivity index (χ3v) is 4.73. The van der Waals surface area contributed by atoms with Gasteiger partial charge in [-0.25, -0.2) is 0 Å². The number of carbonyl (C=O) groups is 1. The van der Waals surface area contributed by atoms with E-state index in [9.17, 15) is 4.79 Å². The summed E-state index contributed by atoms with van der Waals surface area (Å²) in [5, 5.41) is 7.36. The minimum absolute atomic E-state index is 0.141. The van der Waals surface area contributed by atoms with E-state index in [-0.39, 0.29) is 5.91 Å². The molecule has 3 aromatic rings. The zero-order valence-corrected chi connectivity index (χ0v) is 14.2. The van der Waals surface area contributed by atoms with Crippen LogP contribution in [-0.4, -0.2) is 12.0 Å². The molecule has 3 nitrogen and oxygen atoms in total. The van der Waals surface area contributed by atoms with Gasteiger partial charge in [-0.2, -0.15) is 0 Å². The number of amides is 1. The molecule has 1 heterocycles. The van der Waals surface area contributed by atoms with Gasteiger partial charge < -0.3 is 10.1 Å². The van der Waals surface area contributed by atoms with Gasteiger partial charge in [0.25, 0.3) is 5.91 Å². The van der Waals surface area contributed by atoms with Gasteiger partial charge in [0.1, 0.15) is 5.75 Å². The first-order chi connectivity index (χ1) is 11.1. The maximum absolute atomic E-state index is 12.2. The van der Waals surface area contributed by atoms with Crippen molar-refractivity contribution < 1.29 is 9.53 Å². The van der Waals surface area contributed by atoms with E-state index in [4.69, 9.17) is 16.3 Å². The van der Waals surface area contributed by atoms with Gasteiger partial charge in [-0.3, -0.25) is 4.79 Å². The van der Waals surface area contributed by atoms with Gasteiger partial charge in [-0.1, -0.05) is 41.9 Å². The van der Waals surface area contributed by atoms with Crippen molar-refractivity contribution in [1.82, 2.24) is 5.32 Å². The highest BCUT2D eigenvalue weighted by Crippen LogP contribution is 2.31. The van der Waals surface area contributed by atoms with Crippen molar-refractivity contribution in [2.45, 2.75) is 19.6 Å². The second kappa shape index (κ2) is 7.02. The summed E-state index contributed by atoms with van der Waals surface area (Å²) in [5.74, 6) is 0.515. The van der Waals surface area contributed by atoms with Crippen LogP contribution in [0.25, 0.3) is 10.8 Å². The summed E-state index contributed by atoms with van der Waals surface area (Å²) in [7, 11) is 0. The molecule has 118 valence electrons. The molecule has 0 aliphatic heterocycles. The Morgan fingerprint density at radius 2 is 1.96 bits per heavy atom. The highest BCUT2D eigenvalue weighted by atomic mass is 35.5. The van der Waals surface area contributed by atoms with Crippen molar-refractivity contribution in [1.29, 1.82) is 0 Å². The third kappa shape index (κ3) is 3.66. The lowest BCUT2D eigenvalue weighted by molar-refractivity contribution is -0.127. The number of benzene rings is 2. The van der Waals surface area contributed by atoms with E-state index in [0.29, 0.717) is 17.3 Å². The summed E-state index contributed by atoms with van der Waals surface area (Å²) in [4.78, 5) is 13.3. The molecular formula is C18H16ClNO2S. The highest BCUT2D eigenvalue weighted by molar-refractivity contribution is 7.09. The van der Waals surface area contributed by atoms with Crippen molar-refractivity contribution >= 4 is 39.6 Å². The average Bonchev–Trinajstić information content (AvgIpc) is 3.09. The van der Waals surface area contributed by atoms with Gasteiger partial charge in [0.15, 0.2) is 6.10 Å². The largest absolute Gasteiger partial charge is 0.480 e. The number of carbonyl (C=O) groups excluding carboxylic acids is 1. The number of rotatable bonds is 5. The van der Waals surface area contributed by atoms with Crippen LogP contribution in [0.1, 0.15) is 11.8 Å². The molecule has 1 unspecified atom stereocenters. The molecular weight excluding hydrogens is 330 g/mol. The lowest BCUT2D eigenvalue weighted by atomic mass is 10.1. The van der Waals surface area contributed by atoms with Crippen LogP contribution in [0.3, 0.4) is 0 Å². The number of ether oxygens (including phenoxy) is 1. The summed E-state index contributed by atoms with van der Waals surface area (Å²) in [6.07, 6.45) is -0.584. The topological polar surface area (TPSA) is 38.3 Å². The van der Waals surface area contributed by atoms with Gasteiger partial charge in [0, 0.05) is 20.7 Å². The van der Waals surface area contributed by atoms with Crippen molar-refractivity contribution in [2.24, 2.45) is 0 Å². The zero-order valence-electron chi connectivity index (χ0n) is 12.6. The van der Waals surface area contributed by atoms with Crippen LogP contribution in [0.15, 0.2) is 53.9 Å². The van der Waals surface area contributed by atoms with Crippen LogP contribution >= 0.6 is 22.9 Å². The fourth-order valence-corrected chi connectivity index (χ4v) is 3.18. The Labute approximate surface area is 143 Å². The number of halogens is 1. The first-order valence-corrected chi connectivity index (χ1v) is 8.55. The van der Waals surface area contributed by atoms with Gasteiger partial charge in [-0.05, 0) is 30.5 Å². The number of thiophene rings is 1. The minimum Gasteiger partial charge on any atom is -0.480 e. The number of nitrogens with one attached hydrogen (secondary N) is 1. The van der Waals surface area contributed by atoms with Crippen LogP contribution in [0.4, 0.5) is 0 Å². The van der Waals surface area contributed by atoms with Gasteiger partial charge in [0.2, 0.25) is 0 Å². The third-order valence-electron chi connectivity index (χ3n) is 3.52. The first-order valence-electron chi connectivity index (χ1n) is 7.29. The van der Waals surface area contributed by atoms with E-state index in [1.165, 1.54) is 0 Å². The van der Waals surface area contributed by atoms with Crippen molar-refractivity contribution in [3.8, 4) is 5.75 Å². The molecule has 0 bridgehead atoms. The standard InChI is InChI=1S/C18H16ClNO2S/c1-12(18(21)20-11-13-5-4-10-23-13)22-17-9-8-16(19)14-6-2-3-7-15(14)17/h2-10,12H,11H2,1H3,(H,20,21). The molecule has 3 rings (SSSR count). The molecule has 0 radical (unpaired) electrons. The van der Waals surface area contributed by atoms with E-state index in [0.717, 1.165) is 15.6 Å². The predicted molar refractivity (Wildman–Crippen MR) is 95.2 cm³/mol. The summed E-state index contributed by atoms with van der Waals surface area (Å²) in [6, 6.07) is 15.3. The Kier molecular flexibility index (Phi) is 4.84. The van der Waals surface area contributed by atoms with E-state index in [1.54, 1.807) is 30.4 Å². The maximum atomic E-state index is 12.2. The molecule has 0 fully saturated rings. The second-order valence-corrected chi connectivity index (χ2v) is 6.59. The highest BCUT2D eigenvalue weighted by Gasteiger charge is 2.16. The number of hydrogen-bond donors (Lipinski definition) is 1. The molecule has 1 amide bonds. The molecule has 1 aromatic heterocycles. The molecule has 23 heavy (non-hydrogen) atoms. The smallest absolute Gasteiger partial charge is 0.261 e. The Balaban J connectivity index is 1.71. The molecule has 0 aliphatic rings. The second-order valence-electron chi connectivity index (χ2n) is 5.15. The van der Waals surface area contributed by atoms with Crippen LogP contribution in [0.2, 0.25) is 5.02 Å². The predicted octanol–water partition coefficient (Wildman–Crippen LogP) is 4.64. The monoisotopic (exact) mass is 345 g/mol. The van der Waals surface area contributed by atoms with E-state index in [1.807, 2.05) is 41.8 Å². The van der Waals surface area contributed by atoms with Gasteiger partial charge in [0.05, 0.1) is 6.54 Å². The number of fused-ring (bicyclic) bond motifs is 1. The Morgan fingerprint density at radius 1 is 1.17 bits per heavy atom. The zero-order chi connectivity index (χ0) is 16.2.